The van der Waals surface area contributed by atoms with Crippen molar-refractivity contribution in [2.45, 2.75) is 110 Å². The quantitative estimate of drug-likeness (QED) is 0.325. The SMILES string of the molecule is CC(C)(O)CCC(=O)[C@](C)(O)[C@H]1[C@H](O)C[C@@]2(C)[C@@H]3CC=C4[C@H](C[C@H](O)C(=O)C4(C)C)[C@]3(CO)C(=O)C[C@]12C. The average Bonchev–Trinajstić information content (AvgIpc) is 3.00. The monoisotopic (exact) mass is 534 g/mol. The van der Waals surface area contributed by atoms with E-state index in [-0.39, 0.29) is 43.7 Å². The van der Waals surface area contributed by atoms with Gasteiger partial charge in [0.15, 0.2) is 11.6 Å². The van der Waals surface area contributed by atoms with Crippen molar-refractivity contribution in [1.82, 2.24) is 0 Å². The summed E-state index contributed by atoms with van der Waals surface area (Å²) in [6, 6.07) is 0. The van der Waals surface area contributed by atoms with E-state index in [1.165, 1.54) is 6.92 Å². The predicted molar refractivity (Wildman–Crippen MR) is 140 cm³/mol. The standard InChI is InChI=1S/C30H46O8/c1-25(2,37)11-10-21(34)29(7,38)23-19(33)13-27(5)20-9-8-16-17(12-18(32)24(36)26(16,3)4)30(20,15-31)22(35)14-28(23,27)6/h8,17-20,23,31-33,37-38H,9-15H2,1-7H3/t17-,18-,19+,20-,23-,27-,28+,29-,30-/m0/s1. The lowest BCUT2D eigenvalue weighted by Gasteiger charge is -2.64. The molecule has 3 saturated carbocycles. The van der Waals surface area contributed by atoms with E-state index < -0.39 is 75.2 Å². The lowest BCUT2D eigenvalue weighted by atomic mass is 9.38. The number of rotatable bonds is 6. The molecule has 3 fully saturated rings. The van der Waals surface area contributed by atoms with Gasteiger partial charge in [0.25, 0.3) is 0 Å². The van der Waals surface area contributed by atoms with E-state index >= 15 is 0 Å². The largest absolute Gasteiger partial charge is 0.395 e. The van der Waals surface area contributed by atoms with E-state index in [0.29, 0.717) is 6.42 Å². The molecule has 8 heteroatoms. The highest BCUT2D eigenvalue weighted by Crippen LogP contribution is 2.74. The number of allylic oxidation sites excluding steroid dienone is 2. The maximum atomic E-state index is 14.3. The van der Waals surface area contributed by atoms with Crippen LogP contribution in [0.5, 0.6) is 0 Å². The van der Waals surface area contributed by atoms with Crippen LogP contribution in [0.15, 0.2) is 11.6 Å². The van der Waals surface area contributed by atoms with Crippen LogP contribution in [0.25, 0.3) is 0 Å². The van der Waals surface area contributed by atoms with Gasteiger partial charge in [-0.05, 0) is 83.0 Å². The second kappa shape index (κ2) is 8.77. The molecule has 0 spiro atoms. The summed E-state index contributed by atoms with van der Waals surface area (Å²) in [6.07, 6.45) is 0.430. The van der Waals surface area contributed by atoms with Crippen LogP contribution in [0.4, 0.5) is 0 Å². The van der Waals surface area contributed by atoms with Gasteiger partial charge >= 0.3 is 0 Å². The lowest BCUT2D eigenvalue weighted by molar-refractivity contribution is -0.193. The zero-order chi connectivity index (χ0) is 28.9. The molecule has 0 amide bonds. The van der Waals surface area contributed by atoms with Gasteiger partial charge in [-0.15, -0.1) is 0 Å². The fourth-order valence-electron chi connectivity index (χ4n) is 9.32. The molecular formula is C30H46O8. The summed E-state index contributed by atoms with van der Waals surface area (Å²) in [7, 11) is 0. The number of hydrogen-bond donors (Lipinski definition) is 5. The third kappa shape index (κ3) is 3.77. The van der Waals surface area contributed by atoms with Crippen LogP contribution >= 0.6 is 0 Å². The van der Waals surface area contributed by atoms with Crippen molar-refractivity contribution in [3.05, 3.63) is 11.6 Å². The summed E-state index contributed by atoms with van der Waals surface area (Å²) in [5.74, 6) is -2.84. The van der Waals surface area contributed by atoms with Crippen LogP contribution < -0.4 is 0 Å². The number of aliphatic hydroxyl groups excluding tert-OH is 3. The summed E-state index contributed by atoms with van der Waals surface area (Å²) in [5.41, 5.74) is -6.12. The molecule has 38 heavy (non-hydrogen) atoms. The molecule has 0 unspecified atom stereocenters. The zero-order valence-electron chi connectivity index (χ0n) is 23.9. The minimum Gasteiger partial charge on any atom is -0.395 e. The fraction of sp³-hybridized carbons (Fsp3) is 0.833. The molecule has 8 nitrogen and oxygen atoms in total. The molecular weight excluding hydrogens is 488 g/mol. The molecule has 4 rings (SSSR count). The molecule has 9 atom stereocenters. The van der Waals surface area contributed by atoms with Gasteiger partial charge in [0, 0.05) is 24.2 Å². The molecule has 0 saturated heterocycles. The average molecular weight is 535 g/mol. The van der Waals surface area contributed by atoms with Gasteiger partial charge in [-0.3, -0.25) is 14.4 Å². The van der Waals surface area contributed by atoms with Gasteiger partial charge in [0.05, 0.1) is 23.7 Å². The maximum absolute atomic E-state index is 14.3. The first kappa shape index (κ1) is 29.5. The maximum Gasteiger partial charge on any atom is 0.170 e. The Morgan fingerprint density at radius 3 is 2.21 bits per heavy atom. The highest BCUT2D eigenvalue weighted by molar-refractivity contribution is 5.95. The third-order valence-corrected chi connectivity index (χ3v) is 11.5. The summed E-state index contributed by atoms with van der Waals surface area (Å²) in [4.78, 5) is 40.5. The van der Waals surface area contributed by atoms with E-state index in [2.05, 4.69) is 0 Å². The summed E-state index contributed by atoms with van der Waals surface area (Å²) in [5, 5.41) is 54.9. The number of hydrogen-bond acceptors (Lipinski definition) is 8. The normalized spacial score (nSPS) is 44.0. The number of fused-ring (bicyclic) bond motifs is 5. The van der Waals surface area contributed by atoms with E-state index in [1.54, 1.807) is 27.7 Å². The molecule has 0 heterocycles. The van der Waals surface area contributed by atoms with E-state index in [9.17, 15) is 39.9 Å². The molecule has 4 aliphatic carbocycles. The summed E-state index contributed by atoms with van der Waals surface area (Å²) >= 11 is 0. The molecule has 0 aliphatic heterocycles. The Labute approximate surface area is 225 Å². The van der Waals surface area contributed by atoms with Crippen molar-refractivity contribution < 1.29 is 39.9 Å². The van der Waals surface area contributed by atoms with Crippen molar-refractivity contribution in [2.24, 2.45) is 39.4 Å². The minimum atomic E-state index is -1.93. The van der Waals surface area contributed by atoms with Crippen molar-refractivity contribution in [2.75, 3.05) is 6.61 Å². The smallest absolute Gasteiger partial charge is 0.170 e. The number of Topliss-reactive ketones (excluding diaryl/α,β-unsaturated/α-hetero) is 3. The van der Waals surface area contributed by atoms with Crippen LogP contribution in [0.2, 0.25) is 0 Å². The van der Waals surface area contributed by atoms with Crippen molar-refractivity contribution in [3.8, 4) is 0 Å². The van der Waals surface area contributed by atoms with Gasteiger partial charge in [-0.2, -0.15) is 0 Å². The Morgan fingerprint density at radius 1 is 1.05 bits per heavy atom. The molecule has 0 aromatic rings. The second-order valence-electron chi connectivity index (χ2n) is 14.5. The number of carbonyl (C=O) groups excluding carboxylic acids is 3. The first-order valence-corrected chi connectivity index (χ1v) is 13.9. The Morgan fingerprint density at radius 2 is 1.66 bits per heavy atom. The van der Waals surface area contributed by atoms with E-state index in [0.717, 1.165) is 5.57 Å². The van der Waals surface area contributed by atoms with E-state index in [4.69, 9.17) is 0 Å². The Hall–Kier alpha value is -1.45. The minimum absolute atomic E-state index is 0.0501. The highest BCUT2D eigenvalue weighted by Gasteiger charge is 2.75. The van der Waals surface area contributed by atoms with E-state index in [1.807, 2.05) is 19.9 Å². The van der Waals surface area contributed by atoms with Gasteiger partial charge in [0.2, 0.25) is 0 Å². The van der Waals surface area contributed by atoms with Gasteiger partial charge in [-0.25, -0.2) is 0 Å². The second-order valence-corrected chi connectivity index (χ2v) is 14.5. The first-order valence-electron chi connectivity index (χ1n) is 13.9. The van der Waals surface area contributed by atoms with Gasteiger partial charge in [0.1, 0.15) is 17.5 Å². The van der Waals surface area contributed by atoms with Crippen molar-refractivity contribution >= 4 is 17.3 Å². The van der Waals surface area contributed by atoms with Gasteiger partial charge in [-0.1, -0.05) is 25.5 Å². The highest BCUT2D eigenvalue weighted by atomic mass is 16.3. The van der Waals surface area contributed by atoms with Gasteiger partial charge < -0.3 is 25.5 Å². The van der Waals surface area contributed by atoms with Crippen LogP contribution in [-0.2, 0) is 14.4 Å². The molecule has 4 aliphatic rings. The molecule has 0 aromatic carbocycles. The number of ketones is 3. The van der Waals surface area contributed by atoms with Crippen molar-refractivity contribution in [3.63, 3.8) is 0 Å². The van der Waals surface area contributed by atoms with Crippen molar-refractivity contribution in [1.29, 1.82) is 0 Å². The summed E-state index contributed by atoms with van der Waals surface area (Å²) in [6.45, 7) is 11.5. The van der Waals surface area contributed by atoms with Crippen LogP contribution in [0.1, 0.15) is 87.0 Å². The predicted octanol–water partition coefficient (Wildman–Crippen LogP) is 2.12. The topological polar surface area (TPSA) is 152 Å². The van der Waals surface area contributed by atoms with Crippen LogP contribution in [0, 0.1) is 39.4 Å². The molecule has 214 valence electrons. The first-order chi connectivity index (χ1) is 17.2. The Bertz CT molecular complexity index is 1070. The Balaban J connectivity index is 1.80. The van der Waals surface area contributed by atoms with Crippen LogP contribution in [-0.4, -0.2) is 72.9 Å². The number of aliphatic hydroxyl groups is 5. The zero-order valence-corrected chi connectivity index (χ0v) is 23.9. The Kier molecular flexibility index (Phi) is 6.82. The molecule has 5 N–H and O–H groups in total. The fourth-order valence-corrected chi connectivity index (χ4v) is 9.32. The van der Waals surface area contributed by atoms with Crippen LogP contribution in [0.3, 0.4) is 0 Å². The molecule has 0 aromatic heterocycles. The lowest BCUT2D eigenvalue weighted by Crippen LogP contribution is -2.67. The number of carbonyl (C=O) groups is 3. The summed E-state index contributed by atoms with van der Waals surface area (Å²) < 4.78 is 0. The third-order valence-electron chi connectivity index (χ3n) is 11.5. The molecule has 0 bridgehead atoms. The molecule has 0 radical (unpaired) electrons.